The van der Waals surface area contributed by atoms with E-state index in [-0.39, 0.29) is 17.6 Å². The van der Waals surface area contributed by atoms with Crippen molar-refractivity contribution in [3.63, 3.8) is 0 Å². The highest BCUT2D eigenvalue weighted by molar-refractivity contribution is 6.05. The molecule has 2 aromatic heterocycles. The van der Waals surface area contributed by atoms with Crippen LogP contribution in [0.3, 0.4) is 0 Å². The molecule has 0 unspecified atom stereocenters. The van der Waals surface area contributed by atoms with E-state index in [2.05, 4.69) is 14.6 Å². The molecule has 0 radical (unpaired) electrons. The third-order valence-corrected chi connectivity index (χ3v) is 8.38. The summed E-state index contributed by atoms with van der Waals surface area (Å²) in [5.41, 5.74) is 4.75. The van der Waals surface area contributed by atoms with Gasteiger partial charge in [-0.15, -0.1) is 0 Å². The molecule has 0 spiro atoms. The van der Waals surface area contributed by atoms with Crippen LogP contribution < -0.4 is 14.4 Å². The summed E-state index contributed by atoms with van der Waals surface area (Å²) < 4.78 is 37.2. The van der Waals surface area contributed by atoms with Gasteiger partial charge in [-0.05, 0) is 61.0 Å². The fraction of sp³-hybridized carbons (Fsp3) is 0.250. The van der Waals surface area contributed by atoms with Crippen LogP contribution in [-0.2, 0) is 13.6 Å². The minimum atomic E-state index is -2.85. The maximum absolute atomic E-state index is 13.5. The van der Waals surface area contributed by atoms with Gasteiger partial charge in [-0.2, -0.15) is 8.78 Å². The lowest BCUT2D eigenvalue weighted by Gasteiger charge is -2.34. The molecule has 6 rings (SSSR count). The van der Waals surface area contributed by atoms with Crippen LogP contribution in [-0.4, -0.2) is 71.0 Å². The quantitative estimate of drug-likeness (QED) is 0.183. The normalized spacial score (nSPS) is 13.6. The average Bonchev–Trinajstić information content (AvgIpc) is 3.41. The van der Waals surface area contributed by atoms with Gasteiger partial charge in [-0.3, -0.25) is 14.5 Å². The zero-order valence-corrected chi connectivity index (χ0v) is 26.4. The van der Waals surface area contributed by atoms with E-state index in [0.29, 0.717) is 61.3 Å². The first kappa shape index (κ1) is 31.7. The summed E-state index contributed by atoms with van der Waals surface area (Å²) in [7, 11) is 3.57. The fourth-order valence-electron chi connectivity index (χ4n) is 5.64. The topological polar surface area (TPSA) is 80.1 Å². The number of hydrogen-bond donors (Lipinski definition) is 0. The van der Waals surface area contributed by atoms with Gasteiger partial charge in [0.25, 0.3) is 11.8 Å². The van der Waals surface area contributed by atoms with Crippen LogP contribution in [0.2, 0.25) is 0 Å². The van der Waals surface area contributed by atoms with E-state index in [0.717, 1.165) is 22.0 Å². The summed E-state index contributed by atoms with van der Waals surface area (Å²) in [6.07, 6.45) is 1.60. The summed E-state index contributed by atoms with van der Waals surface area (Å²) in [6, 6.07) is 25.1. The SMILES string of the molecule is Cc1ccc(C(=O)N(C)c2ccc(Oc3ccc4cc(C(=O)N5CCN(Cc6ccc(OC(F)F)cc6)CC5)n(C)c4c3)nc2)cc1. The molecule has 11 heteroatoms. The van der Waals surface area contributed by atoms with Gasteiger partial charge in [0.15, 0.2) is 0 Å². The Balaban J connectivity index is 1.06. The summed E-state index contributed by atoms with van der Waals surface area (Å²) in [4.78, 5) is 36.5. The van der Waals surface area contributed by atoms with Crippen molar-refractivity contribution in [2.75, 3.05) is 38.1 Å². The number of carbonyl (C=O) groups is 2. The molecule has 0 aliphatic carbocycles. The Morgan fingerprint density at radius 2 is 1.60 bits per heavy atom. The number of benzene rings is 3. The third kappa shape index (κ3) is 7.25. The second kappa shape index (κ2) is 13.6. The highest BCUT2D eigenvalue weighted by Gasteiger charge is 2.25. The van der Waals surface area contributed by atoms with Crippen LogP contribution in [0, 0.1) is 6.92 Å². The Bertz CT molecular complexity index is 1870. The van der Waals surface area contributed by atoms with E-state index in [1.165, 1.54) is 0 Å². The second-order valence-electron chi connectivity index (χ2n) is 11.6. The number of hydrogen-bond acceptors (Lipinski definition) is 6. The van der Waals surface area contributed by atoms with E-state index >= 15 is 0 Å². The molecular formula is C36H35F2N5O4. The van der Waals surface area contributed by atoms with Crippen molar-refractivity contribution in [3.8, 4) is 17.4 Å². The largest absolute Gasteiger partial charge is 0.439 e. The number of alkyl halides is 2. The summed E-state index contributed by atoms with van der Waals surface area (Å²) in [5, 5.41) is 0.917. The number of halogens is 2. The van der Waals surface area contributed by atoms with Gasteiger partial charge < -0.3 is 23.8 Å². The molecule has 3 heterocycles. The Kier molecular flexibility index (Phi) is 9.17. The number of amides is 2. The Morgan fingerprint density at radius 3 is 2.26 bits per heavy atom. The van der Waals surface area contributed by atoms with Crippen LogP contribution in [0.5, 0.6) is 17.4 Å². The van der Waals surface area contributed by atoms with Gasteiger partial charge >= 0.3 is 6.61 Å². The number of nitrogens with zero attached hydrogens (tertiary/aromatic N) is 5. The van der Waals surface area contributed by atoms with Crippen molar-refractivity contribution in [3.05, 3.63) is 114 Å². The van der Waals surface area contributed by atoms with E-state index in [9.17, 15) is 18.4 Å². The molecule has 0 N–H and O–H groups in total. The lowest BCUT2D eigenvalue weighted by atomic mass is 10.1. The Labute approximate surface area is 271 Å². The zero-order valence-electron chi connectivity index (χ0n) is 26.4. The molecule has 1 saturated heterocycles. The fourth-order valence-corrected chi connectivity index (χ4v) is 5.64. The van der Waals surface area contributed by atoms with Crippen LogP contribution in [0.25, 0.3) is 10.9 Å². The van der Waals surface area contributed by atoms with Crippen LogP contribution in [0.4, 0.5) is 14.5 Å². The number of ether oxygens (including phenoxy) is 2. The second-order valence-corrected chi connectivity index (χ2v) is 11.6. The van der Waals surface area contributed by atoms with Crippen LogP contribution in [0.15, 0.2) is 91.1 Å². The first-order valence-corrected chi connectivity index (χ1v) is 15.3. The number of aromatic nitrogens is 2. The smallest absolute Gasteiger partial charge is 0.387 e. The highest BCUT2D eigenvalue weighted by Crippen LogP contribution is 2.28. The molecule has 9 nitrogen and oxygen atoms in total. The number of fused-ring (bicyclic) bond motifs is 1. The van der Waals surface area contributed by atoms with Gasteiger partial charge in [-0.1, -0.05) is 29.8 Å². The van der Waals surface area contributed by atoms with Crippen molar-refractivity contribution in [1.29, 1.82) is 0 Å². The van der Waals surface area contributed by atoms with Gasteiger partial charge in [0.2, 0.25) is 5.88 Å². The van der Waals surface area contributed by atoms with Crippen molar-refractivity contribution in [2.24, 2.45) is 7.05 Å². The maximum Gasteiger partial charge on any atom is 0.387 e. The van der Waals surface area contributed by atoms with Crippen molar-refractivity contribution in [2.45, 2.75) is 20.1 Å². The van der Waals surface area contributed by atoms with Crippen molar-refractivity contribution < 1.29 is 27.8 Å². The molecule has 0 atom stereocenters. The first-order valence-electron chi connectivity index (χ1n) is 15.3. The number of aryl methyl sites for hydroxylation is 2. The Morgan fingerprint density at radius 1 is 0.894 bits per heavy atom. The lowest BCUT2D eigenvalue weighted by Crippen LogP contribution is -2.48. The molecule has 0 bridgehead atoms. The molecule has 1 fully saturated rings. The predicted molar refractivity (Wildman–Crippen MR) is 175 cm³/mol. The van der Waals surface area contributed by atoms with E-state index in [4.69, 9.17) is 4.74 Å². The maximum atomic E-state index is 13.5. The minimum absolute atomic E-state index is 0.0409. The number of rotatable bonds is 9. The number of carbonyl (C=O) groups excluding carboxylic acids is 2. The van der Waals surface area contributed by atoms with Gasteiger partial charge in [-0.25, -0.2) is 4.98 Å². The average molecular weight is 640 g/mol. The standard InChI is InChI=1S/C36H35F2N5O4/c1-24-4-8-26(9-5-24)34(44)40(2)28-11-15-33(39-22-28)46-30-14-10-27-20-32(41(3)31(27)21-30)35(45)43-18-16-42(17-19-43)23-25-6-12-29(13-7-25)47-36(37)38/h4-15,20-22,36H,16-19,23H2,1-3H3. The first-order chi connectivity index (χ1) is 22.6. The molecule has 2 amide bonds. The minimum Gasteiger partial charge on any atom is -0.439 e. The van der Waals surface area contributed by atoms with Crippen molar-refractivity contribution >= 4 is 28.4 Å². The predicted octanol–water partition coefficient (Wildman–Crippen LogP) is 6.51. The monoisotopic (exact) mass is 639 g/mol. The molecule has 1 aliphatic rings. The van der Waals surface area contributed by atoms with Crippen molar-refractivity contribution in [1.82, 2.24) is 19.4 Å². The van der Waals surface area contributed by atoms with E-state index < -0.39 is 6.61 Å². The van der Waals surface area contributed by atoms with E-state index in [1.807, 2.05) is 72.0 Å². The summed E-state index contributed by atoms with van der Waals surface area (Å²) >= 11 is 0. The summed E-state index contributed by atoms with van der Waals surface area (Å²) in [6.45, 7) is 2.35. The molecule has 1 aliphatic heterocycles. The number of anilines is 1. The lowest BCUT2D eigenvalue weighted by molar-refractivity contribution is -0.0498. The van der Waals surface area contributed by atoms with Gasteiger partial charge in [0.05, 0.1) is 17.4 Å². The molecule has 0 saturated carbocycles. The molecule has 5 aromatic rings. The Hall–Kier alpha value is -5.29. The molecule has 3 aromatic carbocycles. The molecule has 242 valence electrons. The summed E-state index contributed by atoms with van der Waals surface area (Å²) in [5.74, 6) is 0.917. The third-order valence-electron chi connectivity index (χ3n) is 8.38. The number of pyridine rings is 1. The van der Waals surface area contributed by atoms with Gasteiger partial charge in [0.1, 0.15) is 17.2 Å². The molecular weight excluding hydrogens is 604 g/mol. The number of piperazine rings is 1. The zero-order chi connectivity index (χ0) is 33.1. The van der Waals surface area contributed by atoms with Crippen LogP contribution >= 0.6 is 0 Å². The molecule has 47 heavy (non-hydrogen) atoms. The van der Waals surface area contributed by atoms with E-state index in [1.54, 1.807) is 54.5 Å². The van der Waals surface area contributed by atoms with Gasteiger partial charge in [0, 0.05) is 69.9 Å². The van der Waals surface area contributed by atoms with Crippen LogP contribution in [0.1, 0.15) is 32.0 Å². The highest BCUT2D eigenvalue weighted by atomic mass is 19.3.